The fourth-order valence-electron chi connectivity index (χ4n) is 2.47. The SMILES string of the molecule is CCc1nc(OC2CCCCC2CN)cc(=O)[nH]1. The fraction of sp³-hybridized carbons (Fsp3) is 0.692. The smallest absolute Gasteiger partial charge is 0.254 e. The maximum Gasteiger partial charge on any atom is 0.254 e. The van der Waals surface area contributed by atoms with Crippen LogP contribution in [0, 0.1) is 5.92 Å². The molecule has 1 fully saturated rings. The Morgan fingerprint density at radius 2 is 2.28 bits per heavy atom. The number of nitrogens with zero attached hydrogens (tertiary/aromatic N) is 1. The van der Waals surface area contributed by atoms with E-state index in [9.17, 15) is 4.79 Å². The number of nitrogens with two attached hydrogens (primary N) is 1. The monoisotopic (exact) mass is 251 g/mol. The molecule has 1 aliphatic carbocycles. The van der Waals surface area contributed by atoms with Crippen LogP contribution in [0.4, 0.5) is 0 Å². The van der Waals surface area contributed by atoms with Gasteiger partial charge in [0.05, 0.1) is 6.07 Å². The van der Waals surface area contributed by atoms with Gasteiger partial charge in [0.2, 0.25) is 5.88 Å². The average molecular weight is 251 g/mol. The van der Waals surface area contributed by atoms with Crippen molar-refractivity contribution in [1.29, 1.82) is 0 Å². The van der Waals surface area contributed by atoms with Crippen molar-refractivity contribution in [2.24, 2.45) is 11.7 Å². The van der Waals surface area contributed by atoms with Gasteiger partial charge >= 0.3 is 0 Å². The van der Waals surface area contributed by atoms with Crippen LogP contribution in [-0.2, 0) is 6.42 Å². The molecule has 0 aromatic carbocycles. The molecular formula is C13H21N3O2. The van der Waals surface area contributed by atoms with Gasteiger partial charge in [-0.15, -0.1) is 0 Å². The number of aromatic nitrogens is 2. The molecule has 5 nitrogen and oxygen atoms in total. The van der Waals surface area contributed by atoms with Crippen molar-refractivity contribution in [3.05, 3.63) is 22.2 Å². The van der Waals surface area contributed by atoms with Crippen LogP contribution in [0.25, 0.3) is 0 Å². The van der Waals surface area contributed by atoms with Crippen molar-refractivity contribution < 1.29 is 4.74 Å². The summed E-state index contributed by atoms with van der Waals surface area (Å²) in [6, 6.07) is 1.42. The van der Waals surface area contributed by atoms with Gasteiger partial charge in [0.1, 0.15) is 11.9 Å². The van der Waals surface area contributed by atoms with E-state index in [0.717, 1.165) is 19.3 Å². The number of H-pyrrole nitrogens is 1. The molecule has 0 aliphatic heterocycles. The van der Waals surface area contributed by atoms with Gasteiger partial charge in [0, 0.05) is 12.3 Å². The Morgan fingerprint density at radius 3 is 3.00 bits per heavy atom. The van der Waals surface area contributed by atoms with Crippen molar-refractivity contribution in [1.82, 2.24) is 9.97 Å². The maximum absolute atomic E-state index is 11.5. The predicted octanol–water partition coefficient (Wildman–Crippen LogP) is 1.23. The summed E-state index contributed by atoms with van der Waals surface area (Å²) in [7, 11) is 0. The minimum absolute atomic E-state index is 0.0998. The second-order valence-electron chi connectivity index (χ2n) is 4.82. The lowest BCUT2D eigenvalue weighted by atomic mass is 9.86. The van der Waals surface area contributed by atoms with E-state index in [-0.39, 0.29) is 11.7 Å². The fourth-order valence-corrected chi connectivity index (χ4v) is 2.47. The molecule has 0 amide bonds. The van der Waals surface area contributed by atoms with Gasteiger partial charge in [-0.2, -0.15) is 0 Å². The first-order chi connectivity index (χ1) is 8.72. The highest BCUT2D eigenvalue weighted by molar-refractivity contribution is 5.09. The number of aromatic amines is 1. The van der Waals surface area contributed by atoms with E-state index >= 15 is 0 Å². The number of hydrogen-bond donors (Lipinski definition) is 2. The molecule has 0 bridgehead atoms. The normalized spacial score (nSPS) is 23.9. The summed E-state index contributed by atoms with van der Waals surface area (Å²) in [6.07, 6.45) is 5.26. The Bertz CT molecular complexity index is 444. The number of rotatable bonds is 4. The zero-order chi connectivity index (χ0) is 13.0. The van der Waals surface area contributed by atoms with E-state index < -0.39 is 0 Å². The molecule has 2 atom stereocenters. The topological polar surface area (TPSA) is 81.0 Å². The third-order valence-corrected chi connectivity index (χ3v) is 3.52. The molecule has 1 saturated carbocycles. The summed E-state index contributed by atoms with van der Waals surface area (Å²) in [6.45, 7) is 2.58. The van der Waals surface area contributed by atoms with E-state index in [1.165, 1.54) is 12.5 Å². The van der Waals surface area contributed by atoms with E-state index in [2.05, 4.69) is 9.97 Å². The van der Waals surface area contributed by atoms with Crippen molar-refractivity contribution in [3.63, 3.8) is 0 Å². The molecule has 0 spiro atoms. The summed E-state index contributed by atoms with van der Waals surface area (Å²) in [5.41, 5.74) is 5.61. The lowest BCUT2D eigenvalue weighted by Gasteiger charge is -2.30. The van der Waals surface area contributed by atoms with Gasteiger partial charge in [0.25, 0.3) is 5.56 Å². The Hall–Kier alpha value is -1.36. The number of nitrogens with one attached hydrogen (secondary N) is 1. The molecule has 18 heavy (non-hydrogen) atoms. The zero-order valence-electron chi connectivity index (χ0n) is 10.8. The third-order valence-electron chi connectivity index (χ3n) is 3.52. The molecule has 1 heterocycles. The van der Waals surface area contributed by atoms with Crippen LogP contribution in [-0.4, -0.2) is 22.6 Å². The standard InChI is InChI=1S/C13H21N3O2/c1-2-11-15-12(17)7-13(16-11)18-10-6-4-3-5-9(10)8-14/h7,9-10H,2-6,8,14H2,1H3,(H,15,16,17). The average Bonchev–Trinajstić information content (AvgIpc) is 2.38. The molecule has 1 aliphatic rings. The molecular weight excluding hydrogens is 230 g/mol. The molecule has 1 aromatic rings. The van der Waals surface area contributed by atoms with Crippen LogP contribution >= 0.6 is 0 Å². The quantitative estimate of drug-likeness (QED) is 0.843. The number of ether oxygens (including phenoxy) is 1. The highest BCUT2D eigenvalue weighted by Crippen LogP contribution is 2.26. The first kappa shape index (κ1) is 13.1. The Balaban J connectivity index is 2.12. The van der Waals surface area contributed by atoms with E-state index in [4.69, 9.17) is 10.5 Å². The van der Waals surface area contributed by atoms with Gasteiger partial charge in [-0.05, 0) is 25.8 Å². The highest BCUT2D eigenvalue weighted by Gasteiger charge is 2.26. The number of hydrogen-bond acceptors (Lipinski definition) is 4. The second kappa shape index (κ2) is 6.00. The molecule has 3 N–H and O–H groups in total. The first-order valence-corrected chi connectivity index (χ1v) is 6.70. The summed E-state index contributed by atoms with van der Waals surface area (Å²) in [5.74, 6) is 1.48. The van der Waals surface area contributed by atoms with Crippen molar-refractivity contribution in [2.75, 3.05) is 6.54 Å². The van der Waals surface area contributed by atoms with Crippen LogP contribution in [0.3, 0.4) is 0 Å². The molecule has 100 valence electrons. The van der Waals surface area contributed by atoms with Crippen LogP contribution < -0.4 is 16.0 Å². The Kier molecular flexibility index (Phi) is 4.36. The van der Waals surface area contributed by atoms with Gasteiger partial charge in [-0.3, -0.25) is 4.79 Å². The summed E-state index contributed by atoms with van der Waals surface area (Å²) < 4.78 is 5.87. The van der Waals surface area contributed by atoms with E-state index in [1.807, 2.05) is 6.92 Å². The predicted molar refractivity (Wildman–Crippen MR) is 69.7 cm³/mol. The van der Waals surface area contributed by atoms with Crippen LogP contribution in [0.15, 0.2) is 10.9 Å². The molecule has 2 rings (SSSR count). The van der Waals surface area contributed by atoms with Crippen LogP contribution in [0.1, 0.15) is 38.4 Å². The van der Waals surface area contributed by atoms with E-state index in [0.29, 0.717) is 30.6 Å². The largest absolute Gasteiger partial charge is 0.474 e. The summed E-state index contributed by atoms with van der Waals surface area (Å²) in [5, 5.41) is 0. The lowest BCUT2D eigenvalue weighted by molar-refractivity contribution is 0.0917. The van der Waals surface area contributed by atoms with E-state index in [1.54, 1.807) is 0 Å². The van der Waals surface area contributed by atoms with Gasteiger partial charge in [-0.25, -0.2) is 4.98 Å². The Labute approximate surface area is 107 Å². The van der Waals surface area contributed by atoms with Gasteiger partial charge < -0.3 is 15.5 Å². The minimum Gasteiger partial charge on any atom is -0.474 e. The zero-order valence-corrected chi connectivity index (χ0v) is 10.8. The minimum atomic E-state index is -0.156. The second-order valence-corrected chi connectivity index (χ2v) is 4.82. The molecule has 0 saturated heterocycles. The summed E-state index contributed by atoms with van der Waals surface area (Å²) >= 11 is 0. The third kappa shape index (κ3) is 3.10. The molecule has 1 aromatic heterocycles. The van der Waals surface area contributed by atoms with Crippen LogP contribution in [0.5, 0.6) is 5.88 Å². The Morgan fingerprint density at radius 1 is 1.50 bits per heavy atom. The number of aryl methyl sites for hydroxylation is 1. The lowest BCUT2D eigenvalue weighted by Crippen LogP contribution is -2.35. The van der Waals surface area contributed by atoms with Crippen molar-refractivity contribution in [2.45, 2.75) is 45.1 Å². The van der Waals surface area contributed by atoms with Crippen molar-refractivity contribution >= 4 is 0 Å². The van der Waals surface area contributed by atoms with Crippen LogP contribution in [0.2, 0.25) is 0 Å². The molecule has 2 unspecified atom stereocenters. The van der Waals surface area contributed by atoms with Crippen molar-refractivity contribution in [3.8, 4) is 5.88 Å². The molecule has 0 radical (unpaired) electrons. The first-order valence-electron chi connectivity index (χ1n) is 6.70. The highest BCUT2D eigenvalue weighted by atomic mass is 16.5. The van der Waals surface area contributed by atoms with Gasteiger partial charge in [-0.1, -0.05) is 13.3 Å². The maximum atomic E-state index is 11.5. The summed E-state index contributed by atoms with van der Waals surface area (Å²) in [4.78, 5) is 18.4. The van der Waals surface area contributed by atoms with Gasteiger partial charge in [0.15, 0.2) is 0 Å². The molecule has 5 heteroatoms.